The first kappa shape index (κ1) is 16.9. The van der Waals surface area contributed by atoms with Crippen LogP contribution in [0.5, 0.6) is 0 Å². The van der Waals surface area contributed by atoms with Crippen LogP contribution in [0.2, 0.25) is 0 Å². The third-order valence-corrected chi connectivity index (χ3v) is 4.92. The summed E-state index contributed by atoms with van der Waals surface area (Å²) in [6.07, 6.45) is 2.98. The molecule has 1 amide bonds. The maximum absolute atomic E-state index is 12.8. The predicted octanol–water partition coefficient (Wildman–Crippen LogP) is 2.06. The van der Waals surface area contributed by atoms with Crippen molar-refractivity contribution in [1.29, 1.82) is 0 Å². The van der Waals surface area contributed by atoms with E-state index in [2.05, 4.69) is 4.90 Å². The van der Waals surface area contributed by atoms with Gasteiger partial charge in [-0.05, 0) is 37.8 Å². The highest BCUT2D eigenvalue weighted by Gasteiger charge is 2.38. The number of non-ortho nitro benzene ring substituents is 1. The van der Waals surface area contributed by atoms with Crippen molar-refractivity contribution >= 4 is 17.3 Å². The molecule has 0 bridgehead atoms. The number of nitro groups is 1. The number of piperidine rings is 1. The van der Waals surface area contributed by atoms with Gasteiger partial charge in [-0.25, -0.2) is 0 Å². The van der Waals surface area contributed by atoms with Crippen LogP contribution in [-0.2, 0) is 9.53 Å². The van der Waals surface area contributed by atoms with Crippen LogP contribution >= 0.6 is 0 Å². The molecule has 0 radical (unpaired) electrons. The van der Waals surface area contributed by atoms with Gasteiger partial charge in [0.15, 0.2) is 0 Å². The van der Waals surface area contributed by atoms with Gasteiger partial charge in [0.1, 0.15) is 0 Å². The fourth-order valence-electron chi connectivity index (χ4n) is 3.79. The number of carbonyl (C=O) groups excluding carboxylic acids is 1. The van der Waals surface area contributed by atoms with Crippen molar-refractivity contribution in [2.24, 2.45) is 5.92 Å². The van der Waals surface area contributed by atoms with E-state index >= 15 is 0 Å². The van der Waals surface area contributed by atoms with Crippen LogP contribution in [0.3, 0.4) is 0 Å². The van der Waals surface area contributed by atoms with Crippen molar-refractivity contribution in [3.8, 4) is 0 Å². The molecule has 2 saturated heterocycles. The molecule has 130 valence electrons. The van der Waals surface area contributed by atoms with Crippen molar-refractivity contribution in [2.75, 3.05) is 38.3 Å². The van der Waals surface area contributed by atoms with Crippen LogP contribution in [-0.4, -0.2) is 55.1 Å². The molecule has 24 heavy (non-hydrogen) atoms. The molecule has 0 N–H and O–H groups in total. The second-order valence-corrected chi connectivity index (χ2v) is 6.53. The molecule has 2 fully saturated rings. The number of nitro benzene ring substituents is 1. The minimum Gasteiger partial charge on any atom is -0.384 e. The highest BCUT2D eigenvalue weighted by atomic mass is 16.6. The Morgan fingerprint density at radius 3 is 2.92 bits per heavy atom. The Hall–Kier alpha value is -1.99. The van der Waals surface area contributed by atoms with E-state index in [1.54, 1.807) is 24.1 Å². The van der Waals surface area contributed by atoms with E-state index in [9.17, 15) is 14.9 Å². The zero-order chi connectivity index (χ0) is 17.1. The number of anilines is 1. The van der Waals surface area contributed by atoms with Gasteiger partial charge < -0.3 is 9.64 Å². The van der Waals surface area contributed by atoms with Gasteiger partial charge in [-0.15, -0.1) is 0 Å². The van der Waals surface area contributed by atoms with Gasteiger partial charge in [-0.3, -0.25) is 19.8 Å². The molecule has 1 aromatic rings. The Morgan fingerprint density at radius 2 is 2.17 bits per heavy atom. The molecule has 2 aliphatic rings. The first-order valence-electron chi connectivity index (χ1n) is 8.39. The molecule has 0 spiro atoms. The third-order valence-electron chi connectivity index (χ3n) is 4.92. The van der Waals surface area contributed by atoms with E-state index in [1.807, 2.05) is 0 Å². The topological polar surface area (TPSA) is 75.9 Å². The van der Waals surface area contributed by atoms with Crippen LogP contribution in [0.25, 0.3) is 0 Å². The molecule has 7 nitrogen and oxygen atoms in total. The minimum atomic E-state index is -0.429. The number of amides is 1. The van der Waals surface area contributed by atoms with E-state index < -0.39 is 4.92 Å². The summed E-state index contributed by atoms with van der Waals surface area (Å²) in [6.45, 7) is 3.15. The lowest BCUT2D eigenvalue weighted by molar-refractivity contribution is -0.384. The fourth-order valence-corrected chi connectivity index (χ4v) is 3.79. The van der Waals surface area contributed by atoms with Crippen molar-refractivity contribution in [2.45, 2.75) is 25.3 Å². The second-order valence-electron chi connectivity index (χ2n) is 6.53. The van der Waals surface area contributed by atoms with Crippen molar-refractivity contribution in [1.82, 2.24) is 4.90 Å². The zero-order valence-electron chi connectivity index (χ0n) is 13.9. The fraction of sp³-hybridized carbons (Fsp3) is 0.588. The van der Waals surface area contributed by atoms with Gasteiger partial charge in [0.2, 0.25) is 5.91 Å². The average Bonchev–Trinajstić information content (AvgIpc) is 2.97. The Kier molecular flexibility index (Phi) is 5.11. The number of hydrogen-bond acceptors (Lipinski definition) is 5. The van der Waals surface area contributed by atoms with Crippen molar-refractivity contribution in [3.63, 3.8) is 0 Å². The van der Waals surface area contributed by atoms with Gasteiger partial charge in [-0.1, -0.05) is 6.07 Å². The average molecular weight is 333 g/mol. The van der Waals surface area contributed by atoms with E-state index in [1.165, 1.54) is 12.1 Å². The Morgan fingerprint density at radius 1 is 1.33 bits per heavy atom. The Labute approximate surface area is 141 Å². The summed E-state index contributed by atoms with van der Waals surface area (Å²) in [5, 5.41) is 10.9. The second kappa shape index (κ2) is 7.27. The molecule has 0 saturated carbocycles. The molecule has 0 unspecified atom stereocenters. The number of carbonyl (C=O) groups is 1. The Bertz CT molecular complexity index is 620. The highest BCUT2D eigenvalue weighted by molar-refractivity contribution is 5.99. The van der Waals surface area contributed by atoms with Crippen LogP contribution in [0.15, 0.2) is 24.3 Å². The summed E-state index contributed by atoms with van der Waals surface area (Å²) < 4.78 is 5.26. The van der Waals surface area contributed by atoms with E-state index in [0.717, 1.165) is 39.0 Å². The Balaban J connectivity index is 1.71. The first-order chi connectivity index (χ1) is 11.6. The third kappa shape index (κ3) is 3.42. The monoisotopic (exact) mass is 333 g/mol. The summed E-state index contributed by atoms with van der Waals surface area (Å²) >= 11 is 0. The summed E-state index contributed by atoms with van der Waals surface area (Å²) in [6, 6.07) is 6.19. The summed E-state index contributed by atoms with van der Waals surface area (Å²) in [5.41, 5.74) is 0.629. The smallest absolute Gasteiger partial charge is 0.271 e. The normalized spacial score (nSPS) is 25.2. The van der Waals surface area contributed by atoms with Crippen molar-refractivity contribution < 1.29 is 14.5 Å². The number of ether oxygens (including phenoxy) is 1. The zero-order valence-corrected chi connectivity index (χ0v) is 13.9. The van der Waals surface area contributed by atoms with Gasteiger partial charge in [0.25, 0.3) is 5.69 Å². The number of rotatable bonds is 5. The number of benzene rings is 1. The lowest BCUT2D eigenvalue weighted by Crippen LogP contribution is -2.47. The molecular formula is C17H23N3O4. The number of likely N-dealkylation sites (tertiary alicyclic amines) is 1. The van der Waals surface area contributed by atoms with Crippen molar-refractivity contribution in [3.05, 3.63) is 34.4 Å². The van der Waals surface area contributed by atoms with E-state index in [-0.39, 0.29) is 17.6 Å². The molecular weight excluding hydrogens is 310 g/mol. The molecule has 0 aliphatic carbocycles. The lowest BCUT2D eigenvalue weighted by Gasteiger charge is -2.35. The largest absolute Gasteiger partial charge is 0.384 e. The van der Waals surface area contributed by atoms with Gasteiger partial charge >= 0.3 is 0 Å². The van der Waals surface area contributed by atoms with Gasteiger partial charge in [0, 0.05) is 32.3 Å². The summed E-state index contributed by atoms with van der Waals surface area (Å²) in [7, 11) is 1.71. The van der Waals surface area contributed by atoms with Crippen LogP contribution in [0, 0.1) is 16.0 Å². The minimum absolute atomic E-state index is 0.0156. The molecule has 3 rings (SSSR count). The maximum atomic E-state index is 12.8. The van der Waals surface area contributed by atoms with Gasteiger partial charge in [-0.2, -0.15) is 0 Å². The predicted molar refractivity (Wildman–Crippen MR) is 90.0 cm³/mol. The van der Waals surface area contributed by atoms with E-state index in [0.29, 0.717) is 18.2 Å². The lowest BCUT2D eigenvalue weighted by atomic mass is 9.97. The van der Waals surface area contributed by atoms with Gasteiger partial charge in [0.05, 0.1) is 23.3 Å². The molecule has 1 aromatic carbocycles. The summed E-state index contributed by atoms with van der Waals surface area (Å²) in [4.78, 5) is 27.3. The number of nitrogens with zero attached hydrogens (tertiary/aromatic N) is 3. The molecule has 2 heterocycles. The SMILES string of the molecule is COC[C@@H]1CCCN([C@@H]2CCN(c3cccc([N+](=O)[O-])c3)C2=O)C1. The quantitative estimate of drug-likeness (QED) is 0.609. The standard InChI is InChI=1S/C17H23N3O4/c1-24-12-13-4-3-8-18(11-13)16-7-9-19(17(16)21)14-5-2-6-15(10-14)20(22)23/h2,5-6,10,13,16H,3-4,7-9,11-12H2,1H3/t13-,16-/m1/s1. The molecule has 2 atom stereocenters. The number of methoxy groups -OCH3 is 1. The molecule has 2 aliphatic heterocycles. The van der Waals surface area contributed by atoms with Crippen LogP contribution < -0.4 is 4.90 Å². The molecule has 7 heteroatoms. The number of hydrogen-bond donors (Lipinski definition) is 0. The highest BCUT2D eigenvalue weighted by Crippen LogP contribution is 2.29. The van der Waals surface area contributed by atoms with Crippen LogP contribution in [0.1, 0.15) is 19.3 Å². The van der Waals surface area contributed by atoms with E-state index in [4.69, 9.17) is 4.74 Å². The summed E-state index contributed by atoms with van der Waals surface area (Å²) in [5.74, 6) is 0.525. The maximum Gasteiger partial charge on any atom is 0.271 e. The molecule has 0 aromatic heterocycles. The van der Waals surface area contributed by atoms with Crippen LogP contribution in [0.4, 0.5) is 11.4 Å². The first-order valence-corrected chi connectivity index (χ1v) is 8.39.